The van der Waals surface area contributed by atoms with Gasteiger partial charge in [-0.3, -0.25) is 0 Å². The van der Waals surface area contributed by atoms with Crippen LogP contribution in [0.3, 0.4) is 0 Å². The van der Waals surface area contributed by atoms with E-state index in [4.69, 9.17) is 11.6 Å². The summed E-state index contributed by atoms with van der Waals surface area (Å²) in [5, 5.41) is 0.700. The lowest BCUT2D eigenvalue weighted by molar-refractivity contribution is 0.651. The van der Waals surface area contributed by atoms with Crippen molar-refractivity contribution in [1.29, 1.82) is 0 Å². The third-order valence-corrected chi connectivity index (χ3v) is 3.77. The largest absolute Gasteiger partial charge is 0.234 e. The number of benzene rings is 1. The van der Waals surface area contributed by atoms with E-state index in [2.05, 4.69) is 4.40 Å². The van der Waals surface area contributed by atoms with Crippen molar-refractivity contribution < 1.29 is 4.21 Å². The molecule has 0 aliphatic rings. The fourth-order valence-electron chi connectivity index (χ4n) is 0.956. The Labute approximate surface area is 104 Å². The van der Waals surface area contributed by atoms with Crippen molar-refractivity contribution in [3.8, 4) is 0 Å². The van der Waals surface area contributed by atoms with Crippen molar-refractivity contribution in [2.75, 3.05) is 0 Å². The summed E-state index contributed by atoms with van der Waals surface area (Å²) < 4.78 is 15.4. The highest BCUT2D eigenvalue weighted by Gasteiger charge is 2.18. The van der Waals surface area contributed by atoms with Crippen LogP contribution in [-0.4, -0.2) is 15.2 Å². The van der Waals surface area contributed by atoms with E-state index < -0.39 is 11.0 Å². The van der Waals surface area contributed by atoms with Crippen LogP contribution in [0.4, 0.5) is 0 Å². The van der Waals surface area contributed by atoms with Gasteiger partial charge in [0.15, 0.2) is 0 Å². The van der Waals surface area contributed by atoms with Crippen molar-refractivity contribution in [3.63, 3.8) is 0 Å². The number of hydrogen-bond acceptors (Lipinski definition) is 1. The van der Waals surface area contributed by atoms with Gasteiger partial charge < -0.3 is 0 Å². The van der Waals surface area contributed by atoms with Crippen molar-refractivity contribution in [1.82, 2.24) is 0 Å². The lowest BCUT2D eigenvalue weighted by atomic mass is 10.2. The zero-order valence-electron chi connectivity index (χ0n) is 9.95. The van der Waals surface area contributed by atoms with Gasteiger partial charge in [-0.05, 0) is 44.9 Å². The molecule has 0 aromatic heterocycles. The highest BCUT2D eigenvalue weighted by molar-refractivity contribution is 7.85. The highest BCUT2D eigenvalue weighted by atomic mass is 35.5. The Morgan fingerprint density at radius 3 is 2.50 bits per heavy atom. The Morgan fingerprint density at radius 1 is 1.38 bits per heavy atom. The molecule has 16 heavy (non-hydrogen) atoms. The van der Waals surface area contributed by atoms with E-state index >= 15 is 0 Å². The van der Waals surface area contributed by atoms with Gasteiger partial charge in [-0.25, -0.2) is 4.21 Å². The van der Waals surface area contributed by atoms with E-state index in [-0.39, 0.29) is 4.75 Å². The van der Waals surface area contributed by atoms with Crippen LogP contribution in [-0.2, 0) is 11.0 Å². The van der Waals surface area contributed by atoms with E-state index in [1.165, 1.54) is 0 Å². The van der Waals surface area contributed by atoms with Crippen molar-refractivity contribution in [2.45, 2.75) is 32.4 Å². The van der Waals surface area contributed by atoms with E-state index in [9.17, 15) is 4.21 Å². The van der Waals surface area contributed by atoms with Crippen LogP contribution in [0.25, 0.3) is 0 Å². The van der Waals surface area contributed by atoms with Crippen molar-refractivity contribution in [2.24, 2.45) is 4.40 Å². The predicted molar refractivity (Wildman–Crippen MR) is 71.7 cm³/mol. The molecule has 0 radical (unpaired) electrons. The molecule has 0 bridgehead atoms. The van der Waals surface area contributed by atoms with Gasteiger partial charge in [0.05, 0.1) is 4.75 Å². The number of rotatable bonds is 2. The van der Waals surface area contributed by atoms with Gasteiger partial charge in [0.25, 0.3) is 0 Å². The average molecular weight is 258 g/mol. The molecule has 1 aromatic carbocycles. The molecule has 4 heteroatoms. The van der Waals surface area contributed by atoms with Gasteiger partial charge in [0.1, 0.15) is 11.0 Å². The maximum atomic E-state index is 11.7. The maximum absolute atomic E-state index is 11.7. The van der Waals surface area contributed by atoms with Gasteiger partial charge in [-0.1, -0.05) is 23.7 Å². The third kappa shape index (κ3) is 3.72. The number of halogens is 1. The lowest BCUT2D eigenvalue weighted by Crippen LogP contribution is -2.19. The standard InChI is InChI=1S/C12H16ClNOS/c1-9-5-6-10(7-11(9)13)8-14-16(15)12(2,3)4/h5-8H,1-4H3/b14-8+. The molecular weight excluding hydrogens is 242 g/mol. The molecule has 0 heterocycles. The molecule has 88 valence electrons. The summed E-state index contributed by atoms with van der Waals surface area (Å²) in [5.74, 6) is 0. The SMILES string of the molecule is Cc1ccc(/C=N/S(=O)C(C)(C)C)cc1Cl. The van der Waals surface area contributed by atoms with E-state index in [1.54, 1.807) is 6.21 Å². The molecular formula is C12H16ClNOS. The first kappa shape index (κ1) is 13.4. The minimum absolute atomic E-state index is 0.328. The maximum Gasteiger partial charge on any atom is 0.144 e. The second-order valence-electron chi connectivity index (χ2n) is 4.60. The van der Waals surface area contributed by atoms with Gasteiger partial charge in [0, 0.05) is 11.2 Å². The Kier molecular flexibility index (Phi) is 4.28. The quantitative estimate of drug-likeness (QED) is 0.746. The van der Waals surface area contributed by atoms with Gasteiger partial charge in [-0.15, -0.1) is 0 Å². The van der Waals surface area contributed by atoms with Gasteiger partial charge >= 0.3 is 0 Å². The van der Waals surface area contributed by atoms with Crippen LogP contribution >= 0.6 is 11.6 Å². The molecule has 1 rings (SSSR count). The zero-order valence-corrected chi connectivity index (χ0v) is 11.5. The molecule has 0 N–H and O–H groups in total. The van der Waals surface area contributed by atoms with Crippen molar-refractivity contribution in [3.05, 3.63) is 34.3 Å². The molecule has 0 aliphatic carbocycles. The summed E-state index contributed by atoms with van der Waals surface area (Å²) >= 11 is 5.98. The van der Waals surface area contributed by atoms with Crippen LogP contribution in [0, 0.1) is 6.92 Å². The van der Waals surface area contributed by atoms with Crippen LogP contribution in [0.1, 0.15) is 31.9 Å². The molecule has 0 fully saturated rings. The Bertz CT molecular complexity index is 435. The summed E-state index contributed by atoms with van der Waals surface area (Å²) in [4.78, 5) is 0. The predicted octanol–water partition coefficient (Wildman–Crippen LogP) is 3.53. The summed E-state index contributed by atoms with van der Waals surface area (Å²) in [7, 11) is -1.22. The molecule has 1 atom stereocenters. The highest BCUT2D eigenvalue weighted by Crippen LogP contribution is 2.16. The van der Waals surface area contributed by atoms with Crippen LogP contribution < -0.4 is 0 Å². The van der Waals surface area contributed by atoms with E-state index in [1.807, 2.05) is 45.9 Å². The van der Waals surface area contributed by atoms with Gasteiger partial charge in [-0.2, -0.15) is 4.40 Å². The fourth-order valence-corrected chi connectivity index (χ4v) is 1.68. The van der Waals surface area contributed by atoms with E-state index in [0.717, 1.165) is 11.1 Å². The van der Waals surface area contributed by atoms with Crippen molar-refractivity contribution >= 4 is 28.8 Å². The number of hydrogen-bond donors (Lipinski definition) is 0. The summed E-state index contributed by atoms with van der Waals surface area (Å²) in [6.45, 7) is 7.62. The van der Waals surface area contributed by atoms with Crippen LogP contribution in [0.5, 0.6) is 0 Å². The fraction of sp³-hybridized carbons (Fsp3) is 0.417. The Balaban J connectivity index is 2.85. The second-order valence-corrected chi connectivity index (χ2v) is 6.95. The molecule has 1 aromatic rings. The topological polar surface area (TPSA) is 29.4 Å². The minimum atomic E-state index is -1.22. The Hall–Kier alpha value is -0.670. The smallest absolute Gasteiger partial charge is 0.144 e. The molecule has 0 saturated heterocycles. The van der Waals surface area contributed by atoms with E-state index in [0.29, 0.717) is 5.02 Å². The first-order chi connectivity index (χ1) is 7.30. The summed E-state index contributed by atoms with van der Waals surface area (Å²) in [5.41, 5.74) is 1.89. The van der Waals surface area contributed by atoms with Gasteiger partial charge in [0.2, 0.25) is 0 Å². The molecule has 0 aliphatic heterocycles. The molecule has 2 nitrogen and oxygen atoms in total. The second kappa shape index (κ2) is 5.11. The number of nitrogens with zero attached hydrogens (tertiary/aromatic N) is 1. The zero-order chi connectivity index (χ0) is 12.3. The third-order valence-electron chi connectivity index (χ3n) is 2.02. The molecule has 0 spiro atoms. The number of aryl methyl sites for hydroxylation is 1. The van der Waals surface area contributed by atoms with Crippen LogP contribution in [0.15, 0.2) is 22.6 Å². The van der Waals surface area contributed by atoms with Crippen LogP contribution in [0.2, 0.25) is 5.02 Å². The lowest BCUT2D eigenvalue weighted by Gasteiger charge is -2.12. The monoisotopic (exact) mass is 257 g/mol. The normalized spacial score (nSPS) is 14.3. The minimum Gasteiger partial charge on any atom is -0.234 e. The molecule has 0 amide bonds. The first-order valence-corrected chi connectivity index (χ1v) is 6.51. The molecule has 0 saturated carbocycles. The first-order valence-electron chi connectivity index (χ1n) is 5.03. The summed E-state index contributed by atoms with van der Waals surface area (Å²) in [6.07, 6.45) is 1.60. The Morgan fingerprint density at radius 2 is 2.00 bits per heavy atom. The molecule has 1 unspecified atom stereocenters. The summed E-state index contributed by atoms with van der Waals surface area (Å²) in [6, 6.07) is 5.65. The average Bonchev–Trinajstić information content (AvgIpc) is 2.18.